The van der Waals surface area contributed by atoms with Crippen molar-refractivity contribution in [1.82, 2.24) is 19.8 Å². The first-order valence-electron chi connectivity index (χ1n) is 20.2. The van der Waals surface area contributed by atoms with Crippen LogP contribution in [-0.4, -0.2) is 154 Å². The van der Waals surface area contributed by atoms with Crippen molar-refractivity contribution < 1.29 is 38.3 Å². The Morgan fingerprint density at radius 2 is 1.63 bits per heavy atom. The number of likely N-dealkylation sites (N-methyl/N-ethyl adjacent to an activating group) is 1. The molecule has 0 aliphatic carbocycles. The van der Waals surface area contributed by atoms with Gasteiger partial charge in [0.2, 0.25) is 0 Å². The van der Waals surface area contributed by atoms with Crippen LogP contribution < -0.4 is 14.5 Å². The van der Waals surface area contributed by atoms with Crippen molar-refractivity contribution >= 4 is 28.4 Å². The summed E-state index contributed by atoms with van der Waals surface area (Å²) in [6.07, 6.45) is 1.38. The lowest BCUT2D eigenvalue weighted by Gasteiger charge is -2.42. The number of nitrogens with zero attached hydrogens (tertiary/aromatic N) is 7. The number of benzene rings is 2. The number of aromatic nitrogens is 2. The molecule has 1 N–H and O–H groups in total. The van der Waals surface area contributed by atoms with Gasteiger partial charge in [0.15, 0.2) is 0 Å². The number of amides is 1. The summed E-state index contributed by atoms with van der Waals surface area (Å²) in [5, 5.41) is 20.9. The van der Waals surface area contributed by atoms with E-state index in [1.807, 2.05) is 20.8 Å². The Balaban J connectivity index is 1.12. The van der Waals surface area contributed by atoms with Crippen LogP contribution in [0.4, 0.5) is 16.3 Å². The van der Waals surface area contributed by atoms with E-state index in [1.54, 1.807) is 4.90 Å². The third kappa shape index (κ3) is 11.6. The van der Waals surface area contributed by atoms with Gasteiger partial charge in [-0.05, 0) is 52.1 Å². The largest absolute Gasteiger partial charge is 0.462 e. The summed E-state index contributed by atoms with van der Waals surface area (Å²) >= 11 is 0. The SMILES string of the molecule is CN1CC(OCCOCCOCCOCCO)CC1COc1nc2c(c(N3CCN(C(=O)OC(C)(C)C)C(CC#N)C3)n1)CCN(c1cccc3ccccc13)C2. The number of ether oxygens (including phenoxy) is 6. The predicted octanol–water partition coefficient (Wildman–Crippen LogP) is 4.04. The van der Waals surface area contributed by atoms with E-state index in [-0.39, 0.29) is 31.2 Å². The van der Waals surface area contributed by atoms with E-state index in [1.165, 1.54) is 16.5 Å². The summed E-state index contributed by atoms with van der Waals surface area (Å²) < 4.78 is 34.6. The van der Waals surface area contributed by atoms with Crippen LogP contribution in [0.25, 0.3) is 10.8 Å². The maximum Gasteiger partial charge on any atom is 0.410 e. The van der Waals surface area contributed by atoms with Crippen LogP contribution in [0, 0.1) is 11.3 Å². The Kier molecular flexibility index (Phi) is 15.1. The quantitative estimate of drug-likeness (QED) is 0.184. The molecule has 1 aromatic heterocycles. The zero-order valence-electron chi connectivity index (χ0n) is 33.9. The number of fused-ring (bicyclic) bond motifs is 2. The molecule has 2 saturated heterocycles. The van der Waals surface area contributed by atoms with Crippen molar-refractivity contribution in [2.45, 2.75) is 70.4 Å². The second-order valence-corrected chi connectivity index (χ2v) is 15.8. The van der Waals surface area contributed by atoms with Gasteiger partial charge in [-0.1, -0.05) is 36.4 Å². The summed E-state index contributed by atoms with van der Waals surface area (Å²) in [5.41, 5.74) is 2.52. The predicted molar refractivity (Wildman–Crippen MR) is 216 cm³/mol. The monoisotopic (exact) mass is 789 g/mol. The number of hydrogen-bond donors (Lipinski definition) is 1. The van der Waals surface area contributed by atoms with Crippen LogP contribution >= 0.6 is 0 Å². The highest BCUT2D eigenvalue weighted by atomic mass is 16.6. The lowest BCUT2D eigenvalue weighted by molar-refractivity contribution is -0.0180. The van der Waals surface area contributed by atoms with E-state index in [9.17, 15) is 10.1 Å². The highest BCUT2D eigenvalue weighted by Crippen LogP contribution is 2.35. The number of likely N-dealkylation sites (tertiary alicyclic amines) is 1. The van der Waals surface area contributed by atoms with Crippen molar-refractivity contribution in [3.05, 3.63) is 53.7 Å². The standard InChI is InChI=1S/C42H59N7O8/c1-42(2,3)57-41(51)49-17-16-48(27-32(49)12-14-43)39-36-13-15-47(38-11-7-9-31-8-5-6-10-35(31)38)29-37(36)44-40(45-39)56-30-33-26-34(28-46(33)4)55-25-24-54-23-22-53-21-20-52-19-18-50/h5-11,32-34,50H,12-13,15-30H2,1-4H3. The van der Waals surface area contributed by atoms with Crippen LogP contribution in [-0.2, 0) is 36.6 Å². The number of hydrogen-bond acceptors (Lipinski definition) is 14. The molecule has 2 fully saturated rings. The number of carbonyl (C=O) groups is 1. The molecule has 2 aromatic carbocycles. The van der Waals surface area contributed by atoms with E-state index in [0.29, 0.717) is 85.0 Å². The van der Waals surface area contributed by atoms with Gasteiger partial charge in [-0.3, -0.25) is 4.90 Å². The zero-order valence-corrected chi connectivity index (χ0v) is 33.9. The molecule has 6 rings (SSSR count). The fourth-order valence-corrected chi connectivity index (χ4v) is 7.69. The van der Waals surface area contributed by atoms with Gasteiger partial charge in [0.25, 0.3) is 0 Å². The third-order valence-electron chi connectivity index (χ3n) is 10.5. The minimum Gasteiger partial charge on any atom is -0.462 e. The van der Waals surface area contributed by atoms with Crippen LogP contribution in [0.15, 0.2) is 42.5 Å². The molecule has 310 valence electrons. The molecule has 3 aromatic rings. The average Bonchev–Trinajstić information content (AvgIpc) is 3.56. The van der Waals surface area contributed by atoms with Crippen molar-refractivity contribution in [1.29, 1.82) is 5.26 Å². The topological polar surface area (TPSA) is 155 Å². The van der Waals surface area contributed by atoms with Gasteiger partial charge >= 0.3 is 12.1 Å². The van der Waals surface area contributed by atoms with Crippen LogP contribution in [0.2, 0.25) is 0 Å². The summed E-state index contributed by atoms with van der Waals surface area (Å²) in [7, 11) is 2.08. The van der Waals surface area contributed by atoms with E-state index in [0.717, 1.165) is 43.0 Å². The average molecular weight is 790 g/mol. The number of aliphatic hydroxyl groups is 1. The highest BCUT2D eigenvalue weighted by molar-refractivity contribution is 5.94. The molecule has 3 aliphatic rings. The molecular formula is C42H59N7O8. The highest BCUT2D eigenvalue weighted by Gasteiger charge is 2.36. The lowest BCUT2D eigenvalue weighted by atomic mass is 10.0. The van der Waals surface area contributed by atoms with Crippen molar-refractivity contribution in [3.63, 3.8) is 0 Å². The van der Waals surface area contributed by atoms with Gasteiger partial charge in [-0.2, -0.15) is 15.2 Å². The number of piperazine rings is 1. The molecule has 1 amide bonds. The van der Waals surface area contributed by atoms with Crippen LogP contribution in [0.1, 0.15) is 44.9 Å². The normalized spacial score (nSPS) is 20.1. The molecule has 3 atom stereocenters. The van der Waals surface area contributed by atoms with Crippen molar-refractivity contribution in [3.8, 4) is 12.1 Å². The molecule has 4 heterocycles. The second kappa shape index (κ2) is 20.4. The molecule has 0 radical (unpaired) electrons. The third-order valence-corrected chi connectivity index (χ3v) is 10.5. The van der Waals surface area contributed by atoms with Gasteiger partial charge in [0.05, 0.1) is 89.7 Å². The number of nitriles is 1. The summed E-state index contributed by atoms with van der Waals surface area (Å²) in [4.78, 5) is 31.8. The molecule has 3 unspecified atom stereocenters. The number of rotatable bonds is 18. The smallest absolute Gasteiger partial charge is 0.410 e. The molecule has 0 saturated carbocycles. The van der Waals surface area contributed by atoms with E-state index < -0.39 is 11.7 Å². The second-order valence-electron chi connectivity index (χ2n) is 15.8. The Morgan fingerprint density at radius 3 is 2.39 bits per heavy atom. The van der Waals surface area contributed by atoms with Gasteiger partial charge < -0.3 is 48.2 Å². The fourth-order valence-electron chi connectivity index (χ4n) is 7.69. The van der Waals surface area contributed by atoms with Crippen LogP contribution in [0.5, 0.6) is 6.01 Å². The van der Waals surface area contributed by atoms with E-state index in [4.69, 9.17) is 43.5 Å². The molecule has 15 nitrogen and oxygen atoms in total. The van der Waals surface area contributed by atoms with Gasteiger partial charge in [0, 0.05) is 55.4 Å². The molecule has 57 heavy (non-hydrogen) atoms. The van der Waals surface area contributed by atoms with Gasteiger partial charge in [-0.15, -0.1) is 0 Å². The maximum atomic E-state index is 13.2. The minimum absolute atomic E-state index is 0.00908. The fraction of sp³-hybridized carbons (Fsp3) is 0.619. The van der Waals surface area contributed by atoms with Crippen molar-refractivity contribution in [2.24, 2.45) is 0 Å². The zero-order chi connectivity index (χ0) is 40.2. The first-order valence-corrected chi connectivity index (χ1v) is 20.2. The lowest BCUT2D eigenvalue weighted by Crippen LogP contribution is -2.56. The van der Waals surface area contributed by atoms with Gasteiger partial charge in [-0.25, -0.2) is 4.79 Å². The van der Waals surface area contributed by atoms with E-state index >= 15 is 0 Å². The summed E-state index contributed by atoms with van der Waals surface area (Å²) in [5.74, 6) is 0.806. The Morgan fingerprint density at radius 1 is 0.895 bits per heavy atom. The first-order chi connectivity index (χ1) is 27.6. The Hall–Kier alpha value is -4.30. The minimum atomic E-state index is -0.637. The molecule has 0 spiro atoms. The molecule has 3 aliphatic heterocycles. The van der Waals surface area contributed by atoms with Crippen LogP contribution in [0.3, 0.4) is 0 Å². The number of carbonyl (C=O) groups excluding carboxylic acids is 1. The van der Waals surface area contributed by atoms with E-state index in [2.05, 4.69) is 70.3 Å². The number of anilines is 2. The first kappa shape index (κ1) is 42.3. The van der Waals surface area contributed by atoms with Crippen molar-refractivity contribution in [2.75, 3.05) is 109 Å². The molecular weight excluding hydrogens is 731 g/mol. The Bertz CT molecular complexity index is 1800. The summed E-state index contributed by atoms with van der Waals surface area (Å²) in [6, 6.07) is 17.2. The Labute approximate surface area is 336 Å². The number of aliphatic hydroxyl groups excluding tert-OH is 1. The van der Waals surface area contributed by atoms with Gasteiger partial charge in [0.1, 0.15) is 18.0 Å². The molecule has 0 bridgehead atoms. The molecule has 15 heteroatoms. The summed E-state index contributed by atoms with van der Waals surface area (Å²) in [6.45, 7) is 12.7. The maximum absolute atomic E-state index is 13.2.